The van der Waals surface area contributed by atoms with Crippen molar-refractivity contribution in [1.29, 1.82) is 5.26 Å². The third-order valence-corrected chi connectivity index (χ3v) is 6.11. The highest BCUT2D eigenvalue weighted by molar-refractivity contribution is 5.94. The summed E-state index contributed by atoms with van der Waals surface area (Å²) in [7, 11) is 0. The molecule has 2 atom stereocenters. The average Bonchev–Trinajstić information content (AvgIpc) is 2.80. The summed E-state index contributed by atoms with van der Waals surface area (Å²) in [6.45, 7) is 1.83. The molecule has 0 radical (unpaired) electrons. The molecule has 148 valence electrons. The second-order valence-electron chi connectivity index (χ2n) is 8.02. The number of pyridine rings is 2. The summed E-state index contributed by atoms with van der Waals surface area (Å²) in [6.07, 6.45) is 4.52. The van der Waals surface area contributed by atoms with Crippen molar-refractivity contribution in [2.75, 3.05) is 13.1 Å². The summed E-state index contributed by atoms with van der Waals surface area (Å²) in [5.41, 5.74) is 4.14. The molecule has 4 heterocycles. The smallest absolute Gasteiger partial charge is 0.253 e. The zero-order chi connectivity index (χ0) is 20.7. The Morgan fingerprint density at radius 2 is 1.90 bits per heavy atom. The van der Waals surface area contributed by atoms with E-state index in [4.69, 9.17) is 5.26 Å². The molecule has 30 heavy (non-hydrogen) atoms. The van der Waals surface area contributed by atoms with Crippen LogP contribution in [0.1, 0.15) is 34.0 Å². The van der Waals surface area contributed by atoms with Crippen LogP contribution >= 0.6 is 0 Å². The van der Waals surface area contributed by atoms with Crippen LogP contribution in [-0.4, -0.2) is 33.4 Å². The highest BCUT2D eigenvalue weighted by Crippen LogP contribution is 2.40. The highest BCUT2D eigenvalue weighted by Gasteiger charge is 2.38. The van der Waals surface area contributed by atoms with Crippen molar-refractivity contribution in [2.45, 2.75) is 18.9 Å². The number of rotatable bonds is 2. The zero-order valence-corrected chi connectivity index (χ0v) is 16.4. The Hall–Kier alpha value is -3.72. The van der Waals surface area contributed by atoms with Gasteiger partial charge in [0.2, 0.25) is 0 Å². The Morgan fingerprint density at radius 1 is 1.07 bits per heavy atom. The first-order valence-corrected chi connectivity index (χ1v) is 10.1. The molecule has 0 N–H and O–H groups in total. The van der Waals surface area contributed by atoms with Crippen LogP contribution in [-0.2, 0) is 6.54 Å². The van der Waals surface area contributed by atoms with Crippen molar-refractivity contribution in [2.24, 2.45) is 5.92 Å². The average molecular weight is 396 g/mol. The summed E-state index contributed by atoms with van der Waals surface area (Å²) in [6, 6.07) is 16.3. The molecule has 0 unspecified atom stereocenters. The number of amides is 1. The van der Waals surface area contributed by atoms with E-state index >= 15 is 0 Å². The van der Waals surface area contributed by atoms with Crippen molar-refractivity contribution in [3.63, 3.8) is 0 Å². The van der Waals surface area contributed by atoms with Gasteiger partial charge in [0.1, 0.15) is 0 Å². The van der Waals surface area contributed by atoms with Gasteiger partial charge in [-0.1, -0.05) is 6.07 Å². The van der Waals surface area contributed by atoms with Gasteiger partial charge < -0.3 is 9.47 Å². The quantitative estimate of drug-likeness (QED) is 0.667. The molecule has 1 aromatic carbocycles. The summed E-state index contributed by atoms with van der Waals surface area (Å²) < 4.78 is 1.89. The monoisotopic (exact) mass is 396 g/mol. The lowest BCUT2D eigenvalue weighted by Gasteiger charge is -2.43. The number of piperidine rings is 1. The van der Waals surface area contributed by atoms with Crippen molar-refractivity contribution in [1.82, 2.24) is 14.5 Å². The first-order valence-electron chi connectivity index (χ1n) is 10.1. The Morgan fingerprint density at radius 3 is 2.63 bits per heavy atom. The predicted octanol–water partition coefficient (Wildman–Crippen LogP) is 3.04. The number of carbonyl (C=O) groups is 1. The lowest BCUT2D eigenvalue weighted by Crippen LogP contribution is -2.49. The molecule has 0 spiro atoms. The molecule has 1 fully saturated rings. The van der Waals surface area contributed by atoms with Crippen molar-refractivity contribution < 1.29 is 4.79 Å². The van der Waals surface area contributed by atoms with Gasteiger partial charge in [-0.2, -0.15) is 5.26 Å². The second kappa shape index (κ2) is 7.27. The van der Waals surface area contributed by atoms with Crippen molar-refractivity contribution >= 4 is 5.91 Å². The zero-order valence-electron chi connectivity index (χ0n) is 16.4. The summed E-state index contributed by atoms with van der Waals surface area (Å²) in [4.78, 5) is 31.9. The molecule has 2 aromatic heterocycles. The minimum absolute atomic E-state index is 0.0132. The standard InChI is InChI=1S/C24H20N4O2/c25-11-16-3-5-18(6-4-16)24(30)27-13-17-10-20(15-27)23-21(19-2-1-9-26-12-19)7-8-22(29)28(23)14-17/h1-9,12,17,20H,10,13-15H2/t17-,20-/m0/s1. The molecule has 5 rings (SSSR count). The van der Waals surface area contributed by atoms with Gasteiger partial charge in [-0.15, -0.1) is 0 Å². The third kappa shape index (κ3) is 3.09. The SMILES string of the molecule is N#Cc1ccc(C(=O)N2C[C@@H]3C[C@@H](C2)c2c(-c4cccnc4)ccc(=O)n2C3)cc1. The number of aromatic nitrogens is 2. The van der Waals surface area contributed by atoms with Gasteiger partial charge in [0.25, 0.3) is 11.5 Å². The van der Waals surface area contributed by atoms with Crippen LogP contribution in [0.3, 0.4) is 0 Å². The molecule has 1 saturated heterocycles. The Bertz CT molecular complexity index is 1210. The topological polar surface area (TPSA) is 79.0 Å². The molecule has 6 nitrogen and oxygen atoms in total. The first kappa shape index (κ1) is 18.3. The van der Waals surface area contributed by atoms with E-state index in [0.717, 1.165) is 23.2 Å². The molecule has 0 aliphatic carbocycles. The van der Waals surface area contributed by atoms with E-state index in [1.54, 1.807) is 36.5 Å². The number of nitrogens with zero attached hydrogens (tertiary/aromatic N) is 4. The van der Waals surface area contributed by atoms with E-state index in [9.17, 15) is 9.59 Å². The summed E-state index contributed by atoms with van der Waals surface area (Å²) in [5, 5.41) is 8.98. The van der Waals surface area contributed by atoms with Gasteiger partial charge in [0.15, 0.2) is 0 Å². The molecular weight excluding hydrogens is 376 g/mol. The molecule has 2 bridgehead atoms. The lowest BCUT2D eigenvalue weighted by atomic mass is 9.80. The summed E-state index contributed by atoms with van der Waals surface area (Å²) >= 11 is 0. The highest BCUT2D eigenvalue weighted by atomic mass is 16.2. The lowest BCUT2D eigenvalue weighted by molar-refractivity contribution is 0.0595. The largest absolute Gasteiger partial charge is 0.338 e. The number of benzene rings is 1. The maximum atomic E-state index is 13.1. The number of hydrogen-bond acceptors (Lipinski definition) is 4. The van der Waals surface area contributed by atoms with Crippen molar-refractivity contribution in [3.8, 4) is 17.2 Å². The van der Waals surface area contributed by atoms with Gasteiger partial charge >= 0.3 is 0 Å². The van der Waals surface area contributed by atoms with Gasteiger partial charge in [-0.05, 0) is 48.7 Å². The Balaban J connectivity index is 1.51. The van der Waals surface area contributed by atoms with E-state index in [-0.39, 0.29) is 23.3 Å². The van der Waals surface area contributed by atoms with Gasteiger partial charge in [0, 0.05) is 66.4 Å². The van der Waals surface area contributed by atoms with E-state index in [1.807, 2.05) is 33.9 Å². The first-order chi connectivity index (χ1) is 14.6. The molecule has 2 aliphatic heterocycles. The molecular formula is C24H20N4O2. The molecule has 1 amide bonds. The maximum Gasteiger partial charge on any atom is 0.253 e. The molecule has 0 saturated carbocycles. The maximum absolute atomic E-state index is 13.1. The van der Waals surface area contributed by atoms with E-state index in [0.29, 0.717) is 30.8 Å². The number of fused-ring (bicyclic) bond motifs is 4. The van der Waals surface area contributed by atoms with Crippen molar-refractivity contribution in [3.05, 3.63) is 88.1 Å². The van der Waals surface area contributed by atoms with E-state index in [2.05, 4.69) is 11.1 Å². The van der Waals surface area contributed by atoms with Crippen LogP contribution in [0.2, 0.25) is 0 Å². The van der Waals surface area contributed by atoms with Crippen LogP contribution in [0.4, 0.5) is 0 Å². The van der Waals surface area contributed by atoms with Crippen LogP contribution in [0.15, 0.2) is 65.7 Å². The number of carbonyl (C=O) groups excluding carboxylic acids is 1. The van der Waals surface area contributed by atoms with Crippen LogP contribution in [0, 0.1) is 17.2 Å². The van der Waals surface area contributed by atoms with Gasteiger partial charge in [-0.25, -0.2) is 0 Å². The molecule has 6 heteroatoms. The van der Waals surface area contributed by atoms with Crippen LogP contribution in [0.5, 0.6) is 0 Å². The minimum atomic E-state index is -0.0242. The van der Waals surface area contributed by atoms with Gasteiger partial charge in [-0.3, -0.25) is 14.6 Å². The number of hydrogen-bond donors (Lipinski definition) is 0. The summed E-state index contributed by atoms with van der Waals surface area (Å²) in [5.74, 6) is 0.327. The fourth-order valence-corrected chi connectivity index (χ4v) is 4.82. The Kier molecular flexibility index (Phi) is 4.44. The van der Waals surface area contributed by atoms with Gasteiger partial charge in [0.05, 0.1) is 11.6 Å². The van der Waals surface area contributed by atoms with Crippen LogP contribution in [0.25, 0.3) is 11.1 Å². The van der Waals surface area contributed by atoms with E-state index in [1.165, 1.54) is 0 Å². The second-order valence-corrected chi connectivity index (χ2v) is 8.02. The third-order valence-electron chi connectivity index (χ3n) is 6.11. The fraction of sp³-hybridized carbons (Fsp3) is 0.250. The molecule has 2 aliphatic rings. The fourth-order valence-electron chi connectivity index (χ4n) is 4.82. The molecule has 3 aromatic rings. The minimum Gasteiger partial charge on any atom is -0.338 e. The Labute approximate surface area is 174 Å². The number of likely N-dealkylation sites (tertiary alicyclic amines) is 1. The normalized spacial score (nSPS) is 19.6. The number of nitriles is 1. The van der Waals surface area contributed by atoms with E-state index < -0.39 is 0 Å². The predicted molar refractivity (Wildman–Crippen MR) is 112 cm³/mol. The van der Waals surface area contributed by atoms with Crippen LogP contribution < -0.4 is 5.56 Å².